The Morgan fingerprint density at radius 3 is 2.50 bits per heavy atom. The van der Waals surface area contributed by atoms with Gasteiger partial charge in [-0.15, -0.1) is 0 Å². The van der Waals surface area contributed by atoms with E-state index in [-0.39, 0.29) is 12.5 Å². The molecular weight excluding hydrogens is 320 g/mol. The van der Waals surface area contributed by atoms with E-state index >= 15 is 0 Å². The Morgan fingerprint density at radius 1 is 1.45 bits per heavy atom. The van der Waals surface area contributed by atoms with Crippen LogP contribution in [0, 0.1) is 4.91 Å². The lowest BCUT2D eigenvalue weighted by atomic mass is 10.1. The number of amides is 1. The van der Waals surface area contributed by atoms with Crippen LogP contribution in [0.15, 0.2) is 52.8 Å². The van der Waals surface area contributed by atoms with Crippen LogP contribution < -0.4 is 4.90 Å². The SMILES string of the molecule is C=CC(=C)N(C(C)=O)c1cccc(Br)c1CN=O.CC. The molecule has 0 aliphatic rings. The Kier molecular flexibility index (Phi) is 8.40. The molecule has 0 heterocycles. The summed E-state index contributed by atoms with van der Waals surface area (Å²) in [5, 5.41) is 2.88. The maximum absolute atomic E-state index is 11.7. The summed E-state index contributed by atoms with van der Waals surface area (Å²) in [6.45, 7) is 12.8. The van der Waals surface area contributed by atoms with Crippen LogP contribution >= 0.6 is 15.9 Å². The average molecular weight is 339 g/mol. The van der Waals surface area contributed by atoms with Crippen molar-refractivity contribution in [1.29, 1.82) is 0 Å². The summed E-state index contributed by atoms with van der Waals surface area (Å²) < 4.78 is 0.725. The maximum atomic E-state index is 11.7. The molecule has 0 fully saturated rings. The summed E-state index contributed by atoms with van der Waals surface area (Å²) in [5.41, 5.74) is 1.68. The third-order valence-electron chi connectivity index (χ3n) is 2.40. The van der Waals surface area contributed by atoms with E-state index in [1.165, 1.54) is 17.9 Å². The van der Waals surface area contributed by atoms with Gasteiger partial charge in [0.1, 0.15) is 6.54 Å². The quantitative estimate of drug-likeness (QED) is 0.572. The molecule has 0 aliphatic carbocycles. The fourth-order valence-electron chi connectivity index (χ4n) is 1.60. The molecule has 0 saturated heterocycles. The molecule has 0 N–H and O–H groups in total. The Morgan fingerprint density at radius 2 is 2.05 bits per heavy atom. The highest BCUT2D eigenvalue weighted by molar-refractivity contribution is 9.10. The number of allylic oxidation sites excluding steroid dienone is 1. The molecule has 0 spiro atoms. The normalized spacial score (nSPS) is 9.00. The number of nitrogens with zero attached hydrogens (tertiary/aromatic N) is 2. The first kappa shape index (κ1) is 18.2. The van der Waals surface area contributed by atoms with Crippen molar-refractivity contribution < 1.29 is 4.79 Å². The molecule has 108 valence electrons. The van der Waals surface area contributed by atoms with Crippen molar-refractivity contribution in [2.24, 2.45) is 5.18 Å². The molecule has 20 heavy (non-hydrogen) atoms. The highest BCUT2D eigenvalue weighted by Crippen LogP contribution is 2.30. The van der Waals surface area contributed by atoms with Crippen molar-refractivity contribution in [2.75, 3.05) is 4.90 Å². The highest BCUT2D eigenvalue weighted by atomic mass is 79.9. The summed E-state index contributed by atoms with van der Waals surface area (Å²) >= 11 is 3.34. The van der Waals surface area contributed by atoms with E-state index in [0.717, 1.165) is 4.47 Å². The summed E-state index contributed by atoms with van der Waals surface area (Å²) in [5.74, 6) is -0.204. The van der Waals surface area contributed by atoms with Crippen LogP contribution in [0.5, 0.6) is 0 Å². The zero-order valence-corrected chi connectivity index (χ0v) is 13.6. The first-order chi connectivity index (χ1) is 9.52. The van der Waals surface area contributed by atoms with Crippen LogP contribution in [0.1, 0.15) is 26.3 Å². The third kappa shape index (κ3) is 4.42. The summed E-state index contributed by atoms with van der Waals surface area (Å²) in [7, 11) is 0. The molecular formula is C15H19BrN2O2. The number of rotatable bonds is 5. The minimum absolute atomic E-state index is 0.0229. The van der Waals surface area contributed by atoms with Gasteiger partial charge in [0.15, 0.2) is 0 Å². The molecule has 0 saturated carbocycles. The predicted octanol–water partition coefficient (Wildman–Crippen LogP) is 4.79. The maximum Gasteiger partial charge on any atom is 0.228 e. The molecule has 0 radical (unpaired) electrons. The summed E-state index contributed by atoms with van der Waals surface area (Å²) in [6.07, 6.45) is 1.49. The van der Waals surface area contributed by atoms with Gasteiger partial charge in [-0.2, -0.15) is 4.91 Å². The molecule has 1 aromatic rings. The molecule has 1 rings (SSSR count). The van der Waals surface area contributed by atoms with Gasteiger partial charge in [-0.05, 0) is 18.2 Å². The van der Waals surface area contributed by atoms with Crippen molar-refractivity contribution in [3.8, 4) is 0 Å². The molecule has 0 unspecified atom stereocenters. The van der Waals surface area contributed by atoms with Crippen molar-refractivity contribution in [1.82, 2.24) is 0 Å². The molecule has 0 bridgehead atoms. The molecule has 5 heteroatoms. The van der Waals surface area contributed by atoms with E-state index in [2.05, 4.69) is 34.3 Å². The summed E-state index contributed by atoms with van der Waals surface area (Å²) in [6, 6.07) is 5.31. The van der Waals surface area contributed by atoms with Crippen molar-refractivity contribution in [3.05, 3.63) is 58.1 Å². The Balaban J connectivity index is 0.00000172. The van der Waals surface area contributed by atoms with Gasteiger partial charge in [0.05, 0.1) is 5.69 Å². The van der Waals surface area contributed by atoms with E-state index in [1.54, 1.807) is 18.2 Å². The van der Waals surface area contributed by atoms with Crippen LogP contribution in [0.3, 0.4) is 0 Å². The lowest BCUT2D eigenvalue weighted by Crippen LogP contribution is -2.27. The number of benzene rings is 1. The highest BCUT2D eigenvalue weighted by Gasteiger charge is 2.18. The van der Waals surface area contributed by atoms with Gasteiger partial charge in [-0.25, -0.2) is 0 Å². The number of nitroso groups, excluding NO2 is 1. The standard InChI is InChI=1S/C13H13BrN2O2.C2H6/c1-4-9(2)16(10(3)17)13-7-5-6-12(14)11(13)8-15-18;1-2/h4-7H,1-2,8H2,3H3;1-2H3. The van der Waals surface area contributed by atoms with E-state index < -0.39 is 0 Å². The lowest BCUT2D eigenvalue weighted by molar-refractivity contribution is -0.116. The fraction of sp³-hybridized carbons (Fsp3) is 0.267. The van der Waals surface area contributed by atoms with E-state index in [9.17, 15) is 9.70 Å². The Bertz CT molecular complexity index is 513. The van der Waals surface area contributed by atoms with Crippen LogP contribution in [0.2, 0.25) is 0 Å². The van der Waals surface area contributed by atoms with Gasteiger partial charge in [0.25, 0.3) is 0 Å². The van der Waals surface area contributed by atoms with Crippen molar-refractivity contribution >= 4 is 27.5 Å². The second kappa shape index (κ2) is 9.20. The second-order valence-corrected chi connectivity index (χ2v) is 4.43. The van der Waals surface area contributed by atoms with Gasteiger partial charge in [-0.3, -0.25) is 9.69 Å². The molecule has 0 atom stereocenters. The van der Waals surface area contributed by atoms with Gasteiger partial charge in [0.2, 0.25) is 5.91 Å². The van der Waals surface area contributed by atoms with Crippen LogP contribution in [0.4, 0.5) is 5.69 Å². The Hall–Kier alpha value is -1.75. The van der Waals surface area contributed by atoms with Crippen LogP contribution in [-0.4, -0.2) is 5.91 Å². The van der Waals surface area contributed by atoms with Gasteiger partial charge < -0.3 is 0 Å². The van der Waals surface area contributed by atoms with Gasteiger partial charge in [-0.1, -0.05) is 54.2 Å². The fourth-order valence-corrected chi connectivity index (χ4v) is 2.08. The Labute approximate surface area is 128 Å². The number of carbonyl (C=O) groups excluding carboxylic acids is 1. The largest absolute Gasteiger partial charge is 0.282 e. The first-order valence-corrected chi connectivity index (χ1v) is 7.00. The van der Waals surface area contributed by atoms with E-state index in [0.29, 0.717) is 16.9 Å². The number of hydrogen-bond acceptors (Lipinski definition) is 3. The smallest absolute Gasteiger partial charge is 0.228 e. The topological polar surface area (TPSA) is 49.7 Å². The molecule has 1 amide bonds. The molecule has 1 aromatic carbocycles. The van der Waals surface area contributed by atoms with Crippen molar-refractivity contribution in [3.63, 3.8) is 0 Å². The van der Waals surface area contributed by atoms with Crippen LogP contribution in [0.25, 0.3) is 0 Å². The predicted molar refractivity (Wildman–Crippen MR) is 87.5 cm³/mol. The molecule has 4 nitrogen and oxygen atoms in total. The summed E-state index contributed by atoms with van der Waals surface area (Å²) in [4.78, 5) is 23.6. The van der Waals surface area contributed by atoms with Crippen LogP contribution in [-0.2, 0) is 11.3 Å². The second-order valence-electron chi connectivity index (χ2n) is 3.57. The van der Waals surface area contributed by atoms with Gasteiger partial charge in [0, 0.05) is 22.7 Å². The number of carbonyl (C=O) groups is 1. The molecule has 0 aromatic heterocycles. The number of hydrogen-bond donors (Lipinski definition) is 0. The average Bonchev–Trinajstić information content (AvgIpc) is 2.44. The molecule has 0 aliphatic heterocycles. The lowest BCUT2D eigenvalue weighted by Gasteiger charge is -2.24. The number of halogens is 1. The minimum Gasteiger partial charge on any atom is -0.282 e. The first-order valence-electron chi connectivity index (χ1n) is 6.21. The zero-order chi connectivity index (χ0) is 15.7. The van der Waals surface area contributed by atoms with E-state index in [4.69, 9.17) is 0 Å². The number of anilines is 1. The third-order valence-corrected chi connectivity index (χ3v) is 3.14. The van der Waals surface area contributed by atoms with Gasteiger partial charge >= 0.3 is 0 Å². The monoisotopic (exact) mass is 338 g/mol. The zero-order valence-electron chi connectivity index (χ0n) is 12.0. The van der Waals surface area contributed by atoms with Crippen molar-refractivity contribution in [2.45, 2.75) is 27.3 Å². The van der Waals surface area contributed by atoms with E-state index in [1.807, 2.05) is 13.8 Å². The minimum atomic E-state index is -0.204.